The second-order valence-electron chi connectivity index (χ2n) is 19.2. The molecular formula is C51H73N7O8. The van der Waals surface area contributed by atoms with E-state index in [1.165, 1.54) is 32.8 Å². The number of imide groups is 1. The Morgan fingerprint density at radius 1 is 0.742 bits per heavy atom. The van der Waals surface area contributed by atoms with Gasteiger partial charge < -0.3 is 29.7 Å². The summed E-state index contributed by atoms with van der Waals surface area (Å²) in [6, 6.07) is 13.2. The number of likely N-dealkylation sites (tertiary alicyclic amines) is 2. The molecule has 66 heavy (non-hydrogen) atoms. The molecule has 3 aliphatic heterocycles. The second kappa shape index (κ2) is 22.8. The van der Waals surface area contributed by atoms with Crippen molar-refractivity contribution in [2.24, 2.45) is 17.8 Å². The maximum Gasteiger partial charge on any atom is 0.257 e. The summed E-state index contributed by atoms with van der Waals surface area (Å²) in [4.78, 5) is 110. The highest BCUT2D eigenvalue weighted by molar-refractivity contribution is 6.07. The summed E-state index contributed by atoms with van der Waals surface area (Å²) < 4.78 is 5.48. The van der Waals surface area contributed by atoms with E-state index in [2.05, 4.69) is 5.32 Å². The van der Waals surface area contributed by atoms with Crippen LogP contribution in [0.25, 0.3) is 0 Å². The first kappa shape index (κ1) is 51.4. The summed E-state index contributed by atoms with van der Waals surface area (Å²) in [6.45, 7) is 11.9. The standard InChI is InChI=1S/C51H73N7O8/c1-12-34(6)45(51(65)57-28-20-26-39(57)49(63)58-42(59)31-41(66-11)43(58)32(2)3)55(10)48(62)38-25-19-27-56(38)50(64)44(33(4)5)54(9)47(61)37(29-35-21-15-13-16-22-35)52-46(60)40(53(7)8)30-36-23-17-14-18-24-36/h13-18,21-24,31-34,37-40,43-45H,12,19-20,25-30H2,1-11H3,(H,52,60)/t34-,37-,38+,39+,40+,43+,44+,45+/m1/s1. The molecular weight excluding hydrogens is 839 g/mol. The predicted octanol–water partition coefficient (Wildman–Crippen LogP) is 4.15. The van der Waals surface area contributed by atoms with Crippen molar-refractivity contribution in [2.75, 3.05) is 48.4 Å². The highest BCUT2D eigenvalue weighted by atomic mass is 16.5. The smallest absolute Gasteiger partial charge is 0.257 e. The van der Waals surface area contributed by atoms with Crippen molar-refractivity contribution >= 4 is 41.4 Å². The van der Waals surface area contributed by atoms with Gasteiger partial charge in [-0.3, -0.25) is 43.4 Å². The maximum atomic E-state index is 14.9. The van der Waals surface area contributed by atoms with Crippen LogP contribution in [0.2, 0.25) is 0 Å². The van der Waals surface area contributed by atoms with Gasteiger partial charge in [0, 0.05) is 39.7 Å². The zero-order chi connectivity index (χ0) is 48.6. The molecule has 2 fully saturated rings. The number of carbonyl (C=O) groups is 7. The van der Waals surface area contributed by atoms with Crippen LogP contribution in [0.3, 0.4) is 0 Å². The highest BCUT2D eigenvalue weighted by Crippen LogP contribution is 2.32. The van der Waals surface area contributed by atoms with Crippen LogP contribution in [-0.4, -0.2) is 161 Å². The quantitative estimate of drug-likeness (QED) is 0.205. The fourth-order valence-electron chi connectivity index (χ4n) is 10.00. The van der Waals surface area contributed by atoms with Gasteiger partial charge in [-0.05, 0) is 75.1 Å². The number of ether oxygens (including phenoxy) is 1. The van der Waals surface area contributed by atoms with Crippen LogP contribution in [0, 0.1) is 17.8 Å². The van der Waals surface area contributed by atoms with E-state index in [1.54, 1.807) is 19.0 Å². The van der Waals surface area contributed by atoms with Gasteiger partial charge in [-0.15, -0.1) is 0 Å². The molecule has 15 heteroatoms. The summed E-state index contributed by atoms with van der Waals surface area (Å²) in [7, 11) is 8.29. The Balaban J connectivity index is 1.36. The monoisotopic (exact) mass is 912 g/mol. The Labute approximate surface area is 391 Å². The molecule has 3 heterocycles. The third kappa shape index (κ3) is 11.3. The lowest BCUT2D eigenvalue weighted by molar-refractivity contribution is -0.157. The van der Waals surface area contributed by atoms with Gasteiger partial charge in [0.2, 0.25) is 29.5 Å². The fraction of sp³-hybridized carbons (Fsp3) is 0.588. The zero-order valence-corrected chi connectivity index (χ0v) is 40.9. The zero-order valence-electron chi connectivity index (χ0n) is 40.9. The van der Waals surface area contributed by atoms with Crippen LogP contribution < -0.4 is 5.32 Å². The number of likely N-dealkylation sites (N-methyl/N-ethyl adjacent to an activating group) is 3. The third-order valence-corrected chi connectivity index (χ3v) is 13.8. The van der Waals surface area contributed by atoms with E-state index in [0.717, 1.165) is 11.1 Å². The molecule has 15 nitrogen and oxygen atoms in total. The van der Waals surface area contributed by atoms with Crippen molar-refractivity contribution in [3.63, 3.8) is 0 Å². The van der Waals surface area contributed by atoms with Crippen LogP contribution in [0.15, 0.2) is 72.5 Å². The molecule has 3 aliphatic rings. The molecule has 0 spiro atoms. The number of hydrogen-bond donors (Lipinski definition) is 1. The van der Waals surface area contributed by atoms with Gasteiger partial charge in [-0.1, -0.05) is 109 Å². The fourth-order valence-corrected chi connectivity index (χ4v) is 10.00. The molecule has 0 aromatic heterocycles. The van der Waals surface area contributed by atoms with Crippen molar-refractivity contribution in [2.45, 2.75) is 129 Å². The summed E-state index contributed by atoms with van der Waals surface area (Å²) in [6.07, 6.45) is 4.36. The number of rotatable bonds is 19. The van der Waals surface area contributed by atoms with Crippen molar-refractivity contribution in [1.29, 1.82) is 0 Å². The molecule has 360 valence electrons. The SMILES string of the molecule is CC[C@@H](C)[C@@H](C(=O)N1CCC[C@H]1C(=O)N1C(=O)C=C(OC)[C@@H]1C(C)C)N(C)C(=O)[C@@H]1CCCN1C(=O)[C@H](C(C)C)N(C)C(=O)[C@@H](Cc1ccccc1)NC(=O)[C@H](Cc1ccccc1)N(C)C. The van der Waals surface area contributed by atoms with Gasteiger partial charge >= 0.3 is 0 Å². The molecule has 5 rings (SSSR count). The van der Waals surface area contributed by atoms with Crippen molar-refractivity contribution in [1.82, 2.24) is 34.7 Å². The third-order valence-electron chi connectivity index (χ3n) is 13.8. The first-order valence-corrected chi connectivity index (χ1v) is 23.7. The van der Waals surface area contributed by atoms with Crippen molar-refractivity contribution < 1.29 is 38.3 Å². The van der Waals surface area contributed by atoms with Gasteiger partial charge in [0.05, 0.1) is 19.2 Å². The number of nitrogens with one attached hydrogen (secondary N) is 1. The Hall–Kier alpha value is -5.57. The lowest BCUT2D eigenvalue weighted by atomic mass is 9.94. The predicted molar refractivity (Wildman–Crippen MR) is 252 cm³/mol. The van der Waals surface area contributed by atoms with Gasteiger partial charge in [0.25, 0.3) is 11.8 Å². The van der Waals surface area contributed by atoms with Gasteiger partial charge in [-0.2, -0.15) is 0 Å². The lowest BCUT2D eigenvalue weighted by Crippen LogP contribution is -2.61. The van der Waals surface area contributed by atoms with Crippen molar-refractivity contribution in [3.05, 3.63) is 83.6 Å². The highest BCUT2D eigenvalue weighted by Gasteiger charge is 2.49. The maximum absolute atomic E-state index is 14.9. The van der Waals surface area contributed by atoms with Crippen LogP contribution in [0.1, 0.15) is 84.8 Å². The molecule has 0 unspecified atom stereocenters. The van der Waals surface area contributed by atoms with E-state index in [4.69, 9.17) is 4.74 Å². The topological polar surface area (TPSA) is 160 Å². The summed E-state index contributed by atoms with van der Waals surface area (Å²) in [5, 5.41) is 3.05. The number of amides is 7. The number of benzene rings is 2. The normalized spacial score (nSPS) is 20.8. The van der Waals surface area contributed by atoms with Gasteiger partial charge in [0.1, 0.15) is 36.0 Å². The van der Waals surface area contributed by atoms with Crippen LogP contribution in [-0.2, 0) is 51.1 Å². The summed E-state index contributed by atoms with van der Waals surface area (Å²) >= 11 is 0. The average Bonchev–Trinajstić information content (AvgIpc) is 4.07. The molecule has 2 aromatic rings. The minimum Gasteiger partial charge on any atom is -0.499 e. The molecule has 0 radical (unpaired) electrons. The van der Waals surface area contributed by atoms with Crippen molar-refractivity contribution in [3.8, 4) is 0 Å². The molecule has 0 aliphatic carbocycles. The molecule has 2 saturated heterocycles. The van der Waals surface area contributed by atoms with Gasteiger partial charge in [0.15, 0.2) is 0 Å². The lowest BCUT2D eigenvalue weighted by Gasteiger charge is -2.40. The first-order valence-electron chi connectivity index (χ1n) is 23.7. The molecule has 2 aromatic carbocycles. The van der Waals surface area contributed by atoms with E-state index in [1.807, 2.05) is 121 Å². The Kier molecular flexibility index (Phi) is 17.7. The minimum absolute atomic E-state index is 0.123. The number of hydrogen-bond acceptors (Lipinski definition) is 9. The largest absolute Gasteiger partial charge is 0.499 e. The van der Waals surface area contributed by atoms with Crippen LogP contribution >= 0.6 is 0 Å². The van der Waals surface area contributed by atoms with E-state index in [9.17, 15) is 33.6 Å². The average molecular weight is 912 g/mol. The van der Waals surface area contributed by atoms with E-state index < -0.39 is 65.9 Å². The van der Waals surface area contributed by atoms with E-state index in [0.29, 0.717) is 50.8 Å². The molecule has 0 bridgehead atoms. The summed E-state index contributed by atoms with van der Waals surface area (Å²) in [5.74, 6) is -3.26. The number of methoxy groups -OCH3 is 1. The van der Waals surface area contributed by atoms with Gasteiger partial charge in [-0.25, -0.2) is 0 Å². The second-order valence-corrected chi connectivity index (χ2v) is 19.2. The molecule has 1 N–H and O–H groups in total. The first-order chi connectivity index (χ1) is 31.3. The van der Waals surface area contributed by atoms with Crippen LogP contribution in [0.4, 0.5) is 0 Å². The minimum atomic E-state index is -0.999. The van der Waals surface area contributed by atoms with E-state index in [-0.39, 0.29) is 48.4 Å². The molecule has 8 atom stereocenters. The Morgan fingerprint density at radius 2 is 1.27 bits per heavy atom. The number of carbonyl (C=O) groups excluding carboxylic acids is 7. The summed E-state index contributed by atoms with van der Waals surface area (Å²) in [5.41, 5.74) is 1.82. The number of nitrogens with zero attached hydrogens (tertiary/aromatic N) is 6. The van der Waals surface area contributed by atoms with E-state index >= 15 is 0 Å². The molecule has 7 amide bonds. The molecule has 0 saturated carbocycles. The Morgan fingerprint density at radius 3 is 1.79 bits per heavy atom. The van der Waals surface area contributed by atoms with Crippen LogP contribution in [0.5, 0.6) is 0 Å². The Bertz CT molecular complexity index is 2080.